The molecule has 80 valence electrons. The first-order valence-corrected chi connectivity index (χ1v) is 5.69. The van der Waals surface area contributed by atoms with Crippen molar-refractivity contribution in [2.24, 2.45) is 11.8 Å². The Bertz CT molecular complexity index is 118. The van der Waals surface area contributed by atoms with Crippen LogP contribution in [0.1, 0.15) is 47.5 Å². The third-order valence-corrected chi connectivity index (χ3v) is 2.57. The first-order valence-electron chi connectivity index (χ1n) is 5.69. The molecule has 0 fully saturated rings. The standard InChI is InChI=1S/C12H27N/c1-7-8-12(11(4)5)13(6)9-10(2)3/h10-12H,7-9H2,1-6H3. The molecular formula is C12H27N. The number of nitrogens with zero attached hydrogens (tertiary/aromatic N) is 1. The highest BCUT2D eigenvalue weighted by Gasteiger charge is 2.17. The largest absolute Gasteiger partial charge is 0.303 e. The van der Waals surface area contributed by atoms with Gasteiger partial charge >= 0.3 is 0 Å². The SMILES string of the molecule is CCCC(C(C)C)N(C)CC(C)C. The second-order valence-corrected chi connectivity index (χ2v) is 4.93. The molecule has 0 aromatic heterocycles. The summed E-state index contributed by atoms with van der Waals surface area (Å²) in [6.45, 7) is 12.7. The van der Waals surface area contributed by atoms with Gasteiger partial charge in [-0.05, 0) is 25.3 Å². The van der Waals surface area contributed by atoms with E-state index in [2.05, 4.69) is 46.6 Å². The van der Waals surface area contributed by atoms with Crippen LogP contribution >= 0.6 is 0 Å². The fourth-order valence-corrected chi connectivity index (χ4v) is 2.07. The molecule has 0 saturated heterocycles. The van der Waals surface area contributed by atoms with Crippen molar-refractivity contribution in [3.8, 4) is 0 Å². The zero-order valence-electron chi connectivity index (χ0n) is 10.3. The second kappa shape index (κ2) is 6.42. The molecule has 1 nitrogen and oxygen atoms in total. The summed E-state index contributed by atoms with van der Waals surface area (Å²) in [5, 5.41) is 0. The van der Waals surface area contributed by atoms with E-state index in [0.717, 1.165) is 17.9 Å². The maximum Gasteiger partial charge on any atom is 0.0115 e. The first kappa shape index (κ1) is 13.0. The second-order valence-electron chi connectivity index (χ2n) is 4.93. The highest BCUT2D eigenvalue weighted by Crippen LogP contribution is 2.15. The van der Waals surface area contributed by atoms with Gasteiger partial charge in [-0.15, -0.1) is 0 Å². The molecule has 0 aliphatic heterocycles. The van der Waals surface area contributed by atoms with Crippen molar-refractivity contribution >= 4 is 0 Å². The van der Waals surface area contributed by atoms with Gasteiger partial charge in [0.05, 0.1) is 0 Å². The smallest absolute Gasteiger partial charge is 0.0115 e. The van der Waals surface area contributed by atoms with Crippen molar-refractivity contribution in [1.29, 1.82) is 0 Å². The molecule has 1 atom stereocenters. The quantitative estimate of drug-likeness (QED) is 0.613. The molecule has 0 aliphatic carbocycles. The Kier molecular flexibility index (Phi) is 6.40. The minimum absolute atomic E-state index is 0.771. The molecule has 0 aromatic rings. The Morgan fingerprint density at radius 3 is 1.92 bits per heavy atom. The van der Waals surface area contributed by atoms with E-state index in [9.17, 15) is 0 Å². The van der Waals surface area contributed by atoms with E-state index in [1.54, 1.807) is 0 Å². The summed E-state index contributed by atoms with van der Waals surface area (Å²) < 4.78 is 0. The molecule has 0 N–H and O–H groups in total. The van der Waals surface area contributed by atoms with Gasteiger partial charge in [-0.2, -0.15) is 0 Å². The van der Waals surface area contributed by atoms with Crippen molar-refractivity contribution in [3.63, 3.8) is 0 Å². The van der Waals surface area contributed by atoms with Crippen LogP contribution in [0.2, 0.25) is 0 Å². The van der Waals surface area contributed by atoms with Crippen molar-refractivity contribution in [2.45, 2.75) is 53.5 Å². The fourth-order valence-electron chi connectivity index (χ4n) is 2.07. The van der Waals surface area contributed by atoms with Crippen LogP contribution in [0.25, 0.3) is 0 Å². The van der Waals surface area contributed by atoms with Crippen LogP contribution < -0.4 is 0 Å². The molecule has 1 heteroatoms. The first-order chi connectivity index (χ1) is 5.99. The lowest BCUT2D eigenvalue weighted by atomic mass is 9.97. The van der Waals surface area contributed by atoms with Crippen molar-refractivity contribution in [3.05, 3.63) is 0 Å². The molecule has 0 bridgehead atoms. The Morgan fingerprint density at radius 1 is 1.08 bits per heavy atom. The maximum absolute atomic E-state index is 2.53. The molecule has 13 heavy (non-hydrogen) atoms. The van der Waals surface area contributed by atoms with Gasteiger partial charge in [0.1, 0.15) is 0 Å². The van der Waals surface area contributed by atoms with Crippen molar-refractivity contribution < 1.29 is 0 Å². The Morgan fingerprint density at radius 2 is 1.62 bits per heavy atom. The summed E-state index contributed by atoms with van der Waals surface area (Å²) in [6, 6.07) is 0.771. The van der Waals surface area contributed by atoms with Crippen LogP contribution in [0.15, 0.2) is 0 Å². The van der Waals surface area contributed by atoms with Gasteiger partial charge in [0, 0.05) is 12.6 Å². The van der Waals surface area contributed by atoms with E-state index < -0.39 is 0 Å². The summed E-state index contributed by atoms with van der Waals surface area (Å²) in [7, 11) is 2.26. The number of hydrogen-bond donors (Lipinski definition) is 0. The van der Waals surface area contributed by atoms with Crippen LogP contribution in [-0.4, -0.2) is 24.5 Å². The lowest BCUT2D eigenvalue weighted by Gasteiger charge is -2.32. The average Bonchev–Trinajstić information content (AvgIpc) is 1.97. The Balaban J connectivity index is 4.02. The van der Waals surface area contributed by atoms with Gasteiger partial charge in [0.25, 0.3) is 0 Å². The third kappa shape index (κ3) is 5.30. The van der Waals surface area contributed by atoms with E-state index in [1.165, 1.54) is 19.4 Å². The predicted molar refractivity (Wildman–Crippen MR) is 61.0 cm³/mol. The molecule has 1 unspecified atom stereocenters. The summed E-state index contributed by atoms with van der Waals surface area (Å²) in [6.07, 6.45) is 2.63. The van der Waals surface area contributed by atoms with Gasteiger partial charge in [-0.1, -0.05) is 41.0 Å². The third-order valence-electron chi connectivity index (χ3n) is 2.57. The molecule has 0 aromatic carbocycles. The highest BCUT2D eigenvalue weighted by molar-refractivity contribution is 4.72. The lowest BCUT2D eigenvalue weighted by Crippen LogP contribution is -2.38. The maximum atomic E-state index is 2.53. The van der Waals surface area contributed by atoms with E-state index in [1.807, 2.05) is 0 Å². The summed E-state index contributed by atoms with van der Waals surface area (Å²) >= 11 is 0. The van der Waals surface area contributed by atoms with Crippen LogP contribution in [-0.2, 0) is 0 Å². The molecule has 0 heterocycles. The normalized spacial score (nSPS) is 14.5. The minimum atomic E-state index is 0.771. The topological polar surface area (TPSA) is 3.24 Å². The van der Waals surface area contributed by atoms with Crippen molar-refractivity contribution in [1.82, 2.24) is 4.90 Å². The zero-order valence-corrected chi connectivity index (χ0v) is 10.3. The molecule has 0 amide bonds. The fraction of sp³-hybridized carbons (Fsp3) is 1.00. The van der Waals surface area contributed by atoms with E-state index in [4.69, 9.17) is 0 Å². The van der Waals surface area contributed by atoms with E-state index >= 15 is 0 Å². The van der Waals surface area contributed by atoms with Gasteiger partial charge in [0.2, 0.25) is 0 Å². The molecule has 0 aliphatic rings. The van der Waals surface area contributed by atoms with E-state index in [-0.39, 0.29) is 0 Å². The van der Waals surface area contributed by atoms with Crippen LogP contribution in [0.4, 0.5) is 0 Å². The monoisotopic (exact) mass is 185 g/mol. The molecule has 0 radical (unpaired) electrons. The van der Waals surface area contributed by atoms with Crippen molar-refractivity contribution in [2.75, 3.05) is 13.6 Å². The zero-order chi connectivity index (χ0) is 10.4. The van der Waals surface area contributed by atoms with Crippen LogP contribution in [0.5, 0.6) is 0 Å². The molecule has 0 spiro atoms. The summed E-state index contributed by atoms with van der Waals surface area (Å²) in [5.74, 6) is 1.56. The summed E-state index contributed by atoms with van der Waals surface area (Å²) in [4.78, 5) is 2.53. The molecule has 0 rings (SSSR count). The molecular weight excluding hydrogens is 158 g/mol. The highest BCUT2D eigenvalue weighted by atomic mass is 15.1. The van der Waals surface area contributed by atoms with Gasteiger partial charge in [-0.25, -0.2) is 0 Å². The predicted octanol–water partition coefficient (Wildman–Crippen LogP) is 3.40. The van der Waals surface area contributed by atoms with Crippen LogP contribution in [0, 0.1) is 11.8 Å². The minimum Gasteiger partial charge on any atom is -0.303 e. The Hall–Kier alpha value is -0.0400. The average molecular weight is 185 g/mol. The van der Waals surface area contributed by atoms with Gasteiger partial charge < -0.3 is 4.90 Å². The summed E-state index contributed by atoms with van der Waals surface area (Å²) in [5.41, 5.74) is 0. The van der Waals surface area contributed by atoms with Crippen LogP contribution in [0.3, 0.4) is 0 Å². The van der Waals surface area contributed by atoms with Gasteiger partial charge in [0.15, 0.2) is 0 Å². The number of hydrogen-bond acceptors (Lipinski definition) is 1. The van der Waals surface area contributed by atoms with E-state index in [0.29, 0.717) is 0 Å². The molecule has 0 saturated carbocycles. The van der Waals surface area contributed by atoms with Gasteiger partial charge in [-0.3, -0.25) is 0 Å². The Labute approximate surface area is 84.5 Å². The lowest BCUT2D eigenvalue weighted by molar-refractivity contribution is 0.163. The number of rotatable bonds is 6.